The smallest absolute Gasteiger partial charge is 0.256 e. The fourth-order valence-electron chi connectivity index (χ4n) is 4.52. The summed E-state index contributed by atoms with van der Waals surface area (Å²) in [6.07, 6.45) is 9.60. The average Bonchev–Trinajstić information content (AvgIpc) is 3.61. The van der Waals surface area contributed by atoms with Crippen LogP contribution in [0.1, 0.15) is 35.2 Å². The Hall–Kier alpha value is -3.76. The Morgan fingerprint density at radius 2 is 2.00 bits per heavy atom. The van der Waals surface area contributed by atoms with E-state index in [4.69, 9.17) is 16.3 Å². The number of nitrogens with zero attached hydrogens (tertiary/aromatic N) is 7. The summed E-state index contributed by atoms with van der Waals surface area (Å²) in [4.78, 5) is 21.6. The van der Waals surface area contributed by atoms with Crippen molar-refractivity contribution in [3.63, 3.8) is 0 Å². The predicted molar refractivity (Wildman–Crippen MR) is 133 cm³/mol. The minimum atomic E-state index is -0.112. The fraction of sp³-hybridized carbons (Fsp3) is 0.320. The van der Waals surface area contributed by atoms with Crippen LogP contribution in [0.2, 0.25) is 5.02 Å². The number of piperidine rings is 1. The number of ether oxygens (including phenoxy) is 1. The molecule has 1 aliphatic rings. The first-order valence-electron chi connectivity index (χ1n) is 11.7. The summed E-state index contributed by atoms with van der Waals surface area (Å²) >= 11 is 6.27. The number of benzene rings is 1. The lowest BCUT2D eigenvalue weighted by Crippen LogP contribution is -2.46. The average molecular weight is 508 g/mol. The molecule has 1 saturated heterocycles. The van der Waals surface area contributed by atoms with Crippen LogP contribution in [0.5, 0.6) is 5.88 Å². The zero-order valence-corrected chi connectivity index (χ0v) is 20.5. The molecule has 10 nitrogen and oxygen atoms in total. The summed E-state index contributed by atoms with van der Waals surface area (Å²) in [5, 5.41) is 23.0. The lowest BCUT2D eigenvalue weighted by atomic mass is 10.00. The van der Waals surface area contributed by atoms with Gasteiger partial charge in [-0.3, -0.25) is 9.48 Å². The van der Waals surface area contributed by atoms with E-state index < -0.39 is 0 Å². The Kier molecular flexibility index (Phi) is 6.97. The zero-order chi connectivity index (χ0) is 25.1. The van der Waals surface area contributed by atoms with Crippen LogP contribution in [0, 0.1) is 0 Å². The Balaban J connectivity index is 1.40. The van der Waals surface area contributed by atoms with Gasteiger partial charge in [0.05, 0.1) is 61.8 Å². The van der Waals surface area contributed by atoms with Gasteiger partial charge in [-0.05, 0) is 49.1 Å². The first-order chi connectivity index (χ1) is 17.6. The van der Waals surface area contributed by atoms with E-state index in [0.717, 1.165) is 24.8 Å². The second-order valence-electron chi connectivity index (χ2n) is 8.64. The van der Waals surface area contributed by atoms with Crippen LogP contribution in [-0.4, -0.2) is 65.4 Å². The number of carbonyl (C=O) groups is 1. The fourth-order valence-corrected chi connectivity index (χ4v) is 4.69. The lowest BCUT2D eigenvalue weighted by molar-refractivity contribution is 0.0583. The van der Waals surface area contributed by atoms with Crippen molar-refractivity contribution in [3.05, 3.63) is 71.3 Å². The highest BCUT2D eigenvalue weighted by molar-refractivity contribution is 6.31. The van der Waals surface area contributed by atoms with Crippen LogP contribution in [0.4, 0.5) is 0 Å². The van der Waals surface area contributed by atoms with Crippen LogP contribution in [0.15, 0.2) is 55.1 Å². The monoisotopic (exact) mass is 507 g/mol. The van der Waals surface area contributed by atoms with Gasteiger partial charge in [0.2, 0.25) is 5.88 Å². The van der Waals surface area contributed by atoms with Gasteiger partial charge in [0.15, 0.2) is 0 Å². The summed E-state index contributed by atoms with van der Waals surface area (Å²) in [6, 6.07) is 8.63. The molecule has 5 rings (SSSR count). The number of rotatable bonds is 7. The van der Waals surface area contributed by atoms with Crippen molar-refractivity contribution in [2.75, 3.05) is 13.7 Å². The number of methoxy groups -OCH3 is 1. The third-order valence-corrected chi connectivity index (χ3v) is 6.53. The molecule has 4 aromatic rings. The van der Waals surface area contributed by atoms with Crippen molar-refractivity contribution in [1.82, 2.24) is 34.7 Å². The molecule has 0 spiro atoms. The maximum atomic E-state index is 13.8. The van der Waals surface area contributed by atoms with Crippen molar-refractivity contribution in [1.29, 1.82) is 0 Å². The molecule has 1 atom stereocenters. The van der Waals surface area contributed by atoms with E-state index in [9.17, 15) is 9.90 Å². The number of carbonyl (C=O) groups excluding carboxylic acids is 1. The van der Waals surface area contributed by atoms with E-state index in [1.54, 1.807) is 50.0 Å². The Morgan fingerprint density at radius 1 is 1.17 bits per heavy atom. The van der Waals surface area contributed by atoms with Crippen LogP contribution < -0.4 is 4.74 Å². The standard InChI is InChI=1S/C25H26ClN7O3/c1-36-24-11-17(16-34)10-22(30-24)18-13-29-31(14-18)15-20-4-2-3-9-32(20)25(35)21-12-19(26)5-6-23(21)33-27-7-8-28-33/h5-8,10-14,20,34H,2-4,9,15-16H2,1H3/t20-/m0/s1. The van der Waals surface area contributed by atoms with Crippen molar-refractivity contribution < 1.29 is 14.6 Å². The number of aliphatic hydroxyl groups is 1. The minimum Gasteiger partial charge on any atom is -0.481 e. The third-order valence-electron chi connectivity index (χ3n) is 6.29. The summed E-state index contributed by atoms with van der Waals surface area (Å²) in [5.41, 5.74) is 3.22. The number of aliphatic hydroxyl groups excluding tert-OH is 1. The molecule has 3 aromatic heterocycles. The normalized spacial score (nSPS) is 15.8. The quantitative estimate of drug-likeness (QED) is 0.408. The van der Waals surface area contributed by atoms with Crippen LogP contribution in [-0.2, 0) is 13.2 Å². The van der Waals surface area contributed by atoms with E-state index in [1.165, 1.54) is 4.80 Å². The zero-order valence-electron chi connectivity index (χ0n) is 19.8. The molecular formula is C25H26ClN7O3. The molecule has 1 aromatic carbocycles. The van der Waals surface area contributed by atoms with Gasteiger partial charge in [0.25, 0.3) is 5.91 Å². The van der Waals surface area contributed by atoms with Crippen LogP contribution in [0.3, 0.4) is 0 Å². The Bertz CT molecular complexity index is 1330. The largest absolute Gasteiger partial charge is 0.481 e. The molecule has 11 heteroatoms. The first kappa shape index (κ1) is 24.0. The van der Waals surface area contributed by atoms with E-state index >= 15 is 0 Å². The predicted octanol–water partition coefficient (Wildman–Crippen LogP) is 3.38. The van der Waals surface area contributed by atoms with Crippen molar-refractivity contribution >= 4 is 17.5 Å². The number of hydrogen-bond acceptors (Lipinski definition) is 7. The summed E-state index contributed by atoms with van der Waals surface area (Å²) in [7, 11) is 1.54. The van der Waals surface area contributed by atoms with Gasteiger partial charge in [-0.2, -0.15) is 20.1 Å². The Labute approximate surface area is 213 Å². The first-order valence-corrected chi connectivity index (χ1v) is 12.1. The molecule has 0 radical (unpaired) electrons. The number of halogens is 1. The van der Waals surface area contributed by atoms with E-state index in [0.29, 0.717) is 46.5 Å². The molecule has 36 heavy (non-hydrogen) atoms. The molecule has 1 fully saturated rings. The number of aromatic nitrogens is 6. The highest BCUT2D eigenvalue weighted by Crippen LogP contribution is 2.27. The van der Waals surface area contributed by atoms with Crippen LogP contribution in [0.25, 0.3) is 16.9 Å². The molecule has 186 valence electrons. The highest BCUT2D eigenvalue weighted by atomic mass is 35.5. The highest BCUT2D eigenvalue weighted by Gasteiger charge is 2.30. The van der Waals surface area contributed by atoms with Gasteiger partial charge in [0, 0.05) is 29.4 Å². The SMILES string of the molecule is COc1cc(CO)cc(-c2cnn(C[C@@H]3CCCCN3C(=O)c3cc(Cl)ccc3-n3nccn3)c2)n1. The van der Waals surface area contributed by atoms with E-state index in [1.807, 2.05) is 21.8 Å². The minimum absolute atomic E-state index is 0.0392. The molecule has 0 bridgehead atoms. The van der Waals surface area contributed by atoms with Gasteiger partial charge >= 0.3 is 0 Å². The summed E-state index contributed by atoms with van der Waals surface area (Å²) in [5.74, 6) is 0.321. The van der Waals surface area contributed by atoms with E-state index in [-0.39, 0.29) is 18.6 Å². The van der Waals surface area contributed by atoms with Crippen molar-refractivity contribution in [2.45, 2.75) is 38.5 Å². The molecular weight excluding hydrogens is 482 g/mol. The Morgan fingerprint density at radius 3 is 2.78 bits per heavy atom. The van der Waals surface area contributed by atoms with E-state index in [2.05, 4.69) is 20.3 Å². The molecule has 1 amide bonds. The maximum absolute atomic E-state index is 13.8. The number of amides is 1. The summed E-state index contributed by atoms with van der Waals surface area (Å²) < 4.78 is 7.09. The van der Waals surface area contributed by atoms with Crippen molar-refractivity contribution in [2.24, 2.45) is 0 Å². The van der Waals surface area contributed by atoms with Gasteiger partial charge < -0.3 is 14.7 Å². The molecule has 0 unspecified atom stereocenters. The lowest BCUT2D eigenvalue weighted by Gasteiger charge is -2.36. The molecule has 0 saturated carbocycles. The molecule has 1 N–H and O–H groups in total. The number of likely N-dealkylation sites (tertiary alicyclic amines) is 1. The molecule has 4 heterocycles. The van der Waals surface area contributed by atoms with Gasteiger partial charge in [0.1, 0.15) is 0 Å². The topological polar surface area (TPSA) is 111 Å². The maximum Gasteiger partial charge on any atom is 0.256 e. The second kappa shape index (κ2) is 10.5. The van der Waals surface area contributed by atoms with Gasteiger partial charge in [-0.15, -0.1) is 0 Å². The van der Waals surface area contributed by atoms with Gasteiger partial charge in [-0.25, -0.2) is 4.98 Å². The van der Waals surface area contributed by atoms with Crippen molar-refractivity contribution in [3.8, 4) is 22.8 Å². The van der Waals surface area contributed by atoms with Crippen LogP contribution >= 0.6 is 11.6 Å². The molecule has 1 aliphatic heterocycles. The summed E-state index contributed by atoms with van der Waals surface area (Å²) in [6.45, 7) is 1.07. The number of pyridine rings is 1. The number of hydrogen-bond donors (Lipinski definition) is 1. The molecule has 0 aliphatic carbocycles. The third kappa shape index (κ3) is 4.95. The van der Waals surface area contributed by atoms with Gasteiger partial charge in [-0.1, -0.05) is 11.6 Å². The second-order valence-corrected chi connectivity index (χ2v) is 9.08.